The molecule has 4 aliphatic heterocycles. The molecule has 5 fully saturated rings. The molecule has 2 amide bonds. The number of carbonyl (C=O) groups excluding carboxylic acids is 2. The Kier molecular flexibility index (Phi) is 9.21. The number of hydrogen-bond acceptors (Lipinski definition) is 8. The summed E-state index contributed by atoms with van der Waals surface area (Å²) in [6.07, 6.45) is 3.99. The summed E-state index contributed by atoms with van der Waals surface area (Å²) in [5, 5.41) is 5.18. The van der Waals surface area contributed by atoms with Crippen molar-refractivity contribution < 1.29 is 23.8 Å². The maximum atomic E-state index is 13.0. The number of carbonyl (C=O) groups is 2. The van der Waals surface area contributed by atoms with Crippen molar-refractivity contribution in [3.8, 4) is 0 Å². The minimum atomic E-state index is -1.25. The van der Waals surface area contributed by atoms with Crippen molar-refractivity contribution in [3.63, 3.8) is 0 Å². The van der Waals surface area contributed by atoms with Crippen LogP contribution in [-0.4, -0.2) is 127 Å². The average molecular weight is 673 g/mol. The zero-order valence-corrected chi connectivity index (χ0v) is 31.5. The van der Waals surface area contributed by atoms with Crippen LogP contribution in [0.4, 0.5) is 15.4 Å². The fourth-order valence-electron chi connectivity index (χ4n) is 8.73. The second-order valence-electron chi connectivity index (χ2n) is 18.1. The first-order valence-corrected chi connectivity index (χ1v) is 21.7. The lowest BCUT2D eigenvalue weighted by atomic mass is 9.61. The summed E-state index contributed by atoms with van der Waals surface area (Å²) >= 11 is 0. The van der Waals surface area contributed by atoms with Gasteiger partial charge in [0.2, 0.25) is 0 Å². The molecule has 5 aliphatic rings. The van der Waals surface area contributed by atoms with E-state index >= 15 is 0 Å². The van der Waals surface area contributed by atoms with E-state index in [-0.39, 0.29) is 35.2 Å². The summed E-state index contributed by atoms with van der Waals surface area (Å²) in [7, 11) is -1.25. The molecule has 4 saturated heterocycles. The second kappa shape index (κ2) is 12.5. The van der Waals surface area contributed by atoms with Crippen molar-refractivity contribution in [2.24, 2.45) is 11.3 Å². The van der Waals surface area contributed by atoms with Gasteiger partial charge in [-0.15, -0.1) is 0 Å². The smallest absolute Gasteiger partial charge is 0.410 e. The molecule has 12 heteroatoms. The van der Waals surface area contributed by atoms with Gasteiger partial charge in [-0.1, -0.05) is 19.6 Å². The normalized spacial score (nSPS) is 27.8. The van der Waals surface area contributed by atoms with Crippen molar-refractivity contribution in [1.29, 1.82) is 0 Å². The number of piperazine rings is 1. The fraction of sp³-hybridized carbons (Fsp3) is 0.857. The van der Waals surface area contributed by atoms with Crippen LogP contribution in [0.2, 0.25) is 25.7 Å². The number of ether oxygens (including phenoxy) is 3. The van der Waals surface area contributed by atoms with E-state index in [0.717, 1.165) is 70.3 Å². The highest BCUT2D eigenvalue weighted by atomic mass is 28.3. The number of piperidine rings is 1. The van der Waals surface area contributed by atoms with Crippen LogP contribution in [0.25, 0.3) is 0 Å². The van der Waals surface area contributed by atoms with E-state index in [1.165, 1.54) is 5.69 Å². The molecule has 0 radical (unpaired) electrons. The van der Waals surface area contributed by atoms with Crippen molar-refractivity contribution in [3.05, 3.63) is 11.8 Å². The van der Waals surface area contributed by atoms with Gasteiger partial charge in [0.1, 0.15) is 5.60 Å². The number of rotatable bonds is 7. The minimum Gasteiger partial charge on any atom is -0.450 e. The minimum absolute atomic E-state index is 0.00909. The first-order chi connectivity index (χ1) is 21.9. The third-order valence-corrected chi connectivity index (χ3v) is 12.9. The lowest BCUT2D eigenvalue weighted by Gasteiger charge is -2.58. The monoisotopic (exact) mass is 672 g/mol. The number of anilines is 1. The third kappa shape index (κ3) is 7.49. The summed E-state index contributed by atoms with van der Waals surface area (Å²) < 4.78 is 19.5. The molecule has 1 saturated carbocycles. The van der Waals surface area contributed by atoms with E-state index in [9.17, 15) is 9.59 Å². The fourth-order valence-corrected chi connectivity index (χ4v) is 9.45. The van der Waals surface area contributed by atoms with Gasteiger partial charge in [0, 0.05) is 70.1 Å². The Balaban J connectivity index is 0.998. The molecule has 11 nitrogen and oxygen atoms in total. The van der Waals surface area contributed by atoms with Gasteiger partial charge in [-0.3, -0.25) is 14.5 Å². The van der Waals surface area contributed by atoms with Crippen molar-refractivity contribution in [2.45, 2.75) is 122 Å². The van der Waals surface area contributed by atoms with E-state index in [0.29, 0.717) is 38.3 Å². The van der Waals surface area contributed by atoms with Crippen LogP contribution < -0.4 is 4.90 Å². The number of likely N-dealkylation sites (tertiary alicyclic amines) is 1. The molecule has 47 heavy (non-hydrogen) atoms. The van der Waals surface area contributed by atoms with E-state index in [1.807, 2.05) is 30.6 Å². The largest absolute Gasteiger partial charge is 0.450 e. The van der Waals surface area contributed by atoms with Gasteiger partial charge in [0.15, 0.2) is 5.82 Å². The number of aryl methyl sites for hydroxylation is 1. The number of amides is 2. The lowest BCUT2D eigenvalue weighted by molar-refractivity contribution is -0.0930. The Morgan fingerprint density at radius 3 is 2.38 bits per heavy atom. The summed E-state index contributed by atoms with van der Waals surface area (Å²) in [5.74, 6) is 1.67. The molecule has 6 rings (SSSR count). The third-order valence-electron chi connectivity index (χ3n) is 11.2. The van der Waals surface area contributed by atoms with Gasteiger partial charge in [-0.05, 0) is 79.2 Å². The van der Waals surface area contributed by atoms with Crippen LogP contribution in [0.1, 0.15) is 72.0 Å². The Hall–Kier alpha value is -2.31. The van der Waals surface area contributed by atoms with E-state index in [4.69, 9.17) is 19.3 Å². The molecule has 0 bridgehead atoms. The number of nitrogens with zero attached hydrogens (tertiary/aromatic N) is 6. The molecule has 0 unspecified atom stereocenters. The quantitative estimate of drug-likeness (QED) is 0.345. The lowest BCUT2D eigenvalue weighted by Crippen LogP contribution is -2.64. The van der Waals surface area contributed by atoms with Gasteiger partial charge < -0.3 is 24.0 Å². The van der Waals surface area contributed by atoms with E-state index in [1.54, 1.807) is 0 Å². The van der Waals surface area contributed by atoms with Gasteiger partial charge in [0.05, 0.1) is 37.9 Å². The topological polar surface area (TPSA) is 92.6 Å². The van der Waals surface area contributed by atoms with Crippen LogP contribution >= 0.6 is 0 Å². The molecule has 1 spiro atoms. The number of fused-ring (bicyclic) bond motifs is 1. The summed E-state index contributed by atoms with van der Waals surface area (Å²) in [5.41, 5.74) is 0.969. The van der Waals surface area contributed by atoms with Crippen LogP contribution in [-0.2, 0) is 14.2 Å². The van der Waals surface area contributed by atoms with Crippen LogP contribution in [0, 0.1) is 18.3 Å². The van der Waals surface area contributed by atoms with Crippen LogP contribution in [0.3, 0.4) is 0 Å². The highest BCUT2D eigenvalue weighted by Gasteiger charge is 2.55. The maximum Gasteiger partial charge on any atom is 0.410 e. The number of aromatic nitrogens is 2. The van der Waals surface area contributed by atoms with Gasteiger partial charge in [-0.25, -0.2) is 9.59 Å². The Morgan fingerprint density at radius 2 is 1.72 bits per heavy atom. The Morgan fingerprint density at radius 1 is 1.02 bits per heavy atom. The predicted octanol–water partition coefficient (Wildman–Crippen LogP) is 5.62. The molecule has 1 aromatic rings. The SMILES string of the molecule is Cc1cc(N2CC[C@@H](CN3CCN(C(=O)OCC[Si](C)(C)C)[C@@H]4COC[C@@H]43)CC2(C)C)nn1C1CC2(C1)CN(C(=O)OC(C)(C)C)C2. The Labute approximate surface area is 283 Å². The van der Waals surface area contributed by atoms with Gasteiger partial charge in [0.25, 0.3) is 0 Å². The molecular weight excluding hydrogens is 613 g/mol. The zero-order valence-electron chi connectivity index (χ0n) is 30.5. The van der Waals surface area contributed by atoms with Crippen LogP contribution in [0.15, 0.2) is 6.07 Å². The summed E-state index contributed by atoms with van der Waals surface area (Å²) in [6.45, 7) is 26.6. The highest BCUT2D eigenvalue weighted by molar-refractivity contribution is 6.76. The van der Waals surface area contributed by atoms with Crippen molar-refractivity contribution in [2.75, 3.05) is 64.0 Å². The summed E-state index contributed by atoms with van der Waals surface area (Å²) in [6, 6.07) is 3.97. The zero-order chi connectivity index (χ0) is 33.9. The molecule has 1 aliphatic carbocycles. The molecule has 3 atom stereocenters. The predicted molar refractivity (Wildman–Crippen MR) is 186 cm³/mol. The average Bonchev–Trinajstić information content (AvgIpc) is 3.52. The van der Waals surface area contributed by atoms with Crippen molar-refractivity contribution >= 4 is 26.1 Å². The van der Waals surface area contributed by atoms with E-state index in [2.05, 4.69) is 61.0 Å². The van der Waals surface area contributed by atoms with Gasteiger partial charge >= 0.3 is 12.2 Å². The second-order valence-corrected chi connectivity index (χ2v) is 23.7. The molecule has 1 aromatic heterocycles. The molecule has 0 aromatic carbocycles. The van der Waals surface area contributed by atoms with Gasteiger partial charge in [-0.2, -0.15) is 5.10 Å². The Bertz CT molecular complexity index is 1310. The summed E-state index contributed by atoms with van der Waals surface area (Å²) in [4.78, 5) is 34.4. The van der Waals surface area contributed by atoms with E-state index < -0.39 is 13.7 Å². The first kappa shape index (κ1) is 34.5. The standard InChI is InChI=1S/C35H60N6O5Si/c1-25-16-30(36-41(25)27-18-35(19-27)23-38(24-35)31(42)46-33(2,3)4)40-11-10-26(17-34(40,5)6)20-37-12-13-39(29-22-44-21-28(29)37)32(43)45-14-15-47(7,8)9/h16,26-29H,10-15,17-24H2,1-9H3/t26-,28+,29-/m1/s1. The van der Waals surface area contributed by atoms with Crippen molar-refractivity contribution in [1.82, 2.24) is 24.5 Å². The number of hydrogen-bond donors (Lipinski definition) is 0. The van der Waals surface area contributed by atoms with Crippen LogP contribution in [0.5, 0.6) is 0 Å². The maximum absolute atomic E-state index is 13.0. The molecule has 5 heterocycles. The molecular formula is C35H60N6O5Si. The highest BCUT2D eigenvalue weighted by Crippen LogP contribution is 2.54. The molecule has 0 N–H and O–H groups in total. The first-order valence-electron chi connectivity index (χ1n) is 18.0. The molecule has 264 valence electrons.